The van der Waals surface area contributed by atoms with Crippen LogP contribution < -0.4 is 10.1 Å². The van der Waals surface area contributed by atoms with Crippen molar-refractivity contribution in [2.75, 3.05) is 11.9 Å². The van der Waals surface area contributed by atoms with Crippen molar-refractivity contribution in [2.45, 2.75) is 38.1 Å². The number of nitrogens with one attached hydrogen (secondary N) is 1. The summed E-state index contributed by atoms with van der Waals surface area (Å²) in [6.45, 7) is 2.71. The third kappa shape index (κ3) is 4.10. The molecule has 7 rings (SSSR count). The van der Waals surface area contributed by atoms with Crippen molar-refractivity contribution in [3.63, 3.8) is 0 Å². The molecule has 10 heteroatoms. The number of nitrogens with zero attached hydrogens (tertiary/aromatic N) is 7. The first-order valence-electron chi connectivity index (χ1n) is 12.3. The Morgan fingerprint density at radius 3 is 2.84 bits per heavy atom. The zero-order valence-corrected chi connectivity index (χ0v) is 20.3. The van der Waals surface area contributed by atoms with E-state index >= 15 is 0 Å². The van der Waals surface area contributed by atoms with E-state index in [2.05, 4.69) is 42.6 Å². The molecule has 1 aliphatic carbocycles. The van der Waals surface area contributed by atoms with Crippen LogP contribution in [-0.4, -0.2) is 47.6 Å². The highest BCUT2D eigenvalue weighted by Gasteiger charge is 2.42. The van der Waals surface area contributed by atoms with Crippen LogP contribution in [0.15, 0.2) is 66.4 Å². The molecule has 1 N–H and O–H groups in total. The van der Waals surface area contributed by atoms with Gasteiger partial charge in [0.05, 0.1) is 11.1 Å². The summed E-state index contributed by atoms with van der Waals surface area (Å²) >= 11 is 0. The third-order valence-corrected chi connectivity index (χ3v) is 7.02. The van der Waals surface area contributed by atoms with E-state index in [9.17, 15) is 0 Å². The topological polar surface area (TPSA) is 112 Å². The molecule has 1 fully saturated rings. The average molecular weight is 493 g/mol. The molecule has 0 atom stereocenters. The molecule has 0 unspecified atom stereocenters. The molecule has 4 heterocycles. The second-order valence-corrected chi connectivity index (χ2v) is 9.65. The van der Waals surface area contributed by atoms with Crippen LogP contribution in [0.4, 0.5) is 11.5 Å². The smallest absolute Gasteiger partial charge is 0.224 e. The maximum Gasteiger partial charge on any atom is 0.224 e. The molecular weight excluding hydrogens is 468 g/mol. The van der Waals surface area contributed by atoms with Gasteiger partial charge in [0.15, 0.2) is 11.5 Å². The Kier molecular flexibility index (Phi) is 4.98. The zero-order chi connectivity index (χ0) is 24.8. The van der Waals surface area contributed by atoms with Gasteiger partial charge in [-0.3, -0.25) is 4.40 Å². The minimum Gasteiger partial charge on any atom is -0.478 e. The molecule has 5 aromatic rings. The van der Waals surface area contributed by atoms with Gasteiger partial charge in [0, 0.05) is 23.6 Å². The molecule has 0 amide bonds. The maximum atomic E-state index is 6.00. The van der Waals surface area contributed by atoms with Gasteiger partial charge in [-0.1, -0.05) is 6.07 Å². The summed E-state index contributed by atoms with van der Waals surface area (Å²) in [5.41, 5.74) is 4.56. The molecule has 37 heavy (non-hydrogen) atoms. The lowest BCUT2D eigenvalue weighted by Gasteiger charge is -2.32. The van der Waals surface area contributed by atoms with Crippen LogP contribution in [-0.2, 0) is 11.2 Å². The summed E-state index contributed by atoms with van der Waals surface area (Å²) in [6.07, 6.45) is 8.97. The Morgan fingerprint density at radius 1 is 1.05 bits per heavy atom. The van der Waals surface area contributed by atoms with Crippen molar-refractivity contribution >= 4 is 34.0 Å². The van der Waals surface area contributed by atoms with E-state index in [1.54, 1.807) is 29.4 Å². The van der Waals surface area contributed by atoms with E-state index in [0.717, 1.165) is 58.9 Å². The molecule has 3 aromatic heterocycles. The first kappa shape index (κ1) is 21.7. The summed E-state index contributed by atoms with van der Waals surface area (Å²) in [5, 5.41) is 12.3. The van der Waals surface area contributed by atoms with E-state index in [1.807, 2.05) is 31.2 Å². The quantitative estimate of drug-likeness (QED) is 0.360. The number of benzene rings is 2. The number of anilines is 2. The molecule has 1 saturated carbocycles. The standard InChI is InChI=1S/C27H24N8O2/c1-17-9-19(4-6-22(17)37-24-12-23-34-31-16-35(23)15-30-24)32-26-20-10-18(3-5-21(20)28-14-29-26)11-25-33-27(13-36-25)7-2-8-27/h3-6,9-10,12,14-16H,2,7-8,11,13H2,1H3,(H,28,29,32). The summed E-state index contributed by atoms with van der Waals surface area (Å²) in [7, 11) is 0. The minimum atomic E-state index is 0.0507. The first-order valence-corrected chi connectivity index (χ1v) is 12.3. The molecular formula is C27H24N8O2. The van der Waals surface area contributed by atoms with Gasteiger partial charge in [-0.15, -0.1) is 10.2 Å². The van der Waals surface area contributed by atoms with Crippen LogP contribution in [0.25, 0.3) is 16.6 Å². The van der Waals surface area contributed by atoms with Gasteiger partial charge in [-0.2, -0.15) is 0 Å². The lowest BCUT2D eigenvalue weighted by molar-refractivity contribution is 0.174. The van der Waals surface area contributed by atoms with Crippen molar-refractivity contribution in [3.8, 4) is 11.6 Å². The van der Waals surface area contributed by atoms with Gasteiger partial charge in [0.1, 0.15) is 37.2 Å². The van der Waals surface area contributed by atoms with E-state index in [1.165, 1.54) is 6.42 Å². The number of rotatable bonds is 6. The van der Waals surface area contributed by atoms with Gasteiger partial charge in [0.2, 0.25) is 5.88 Å². The highest BCUT2D eigenvalue weighted by atomic mass is 16.5. The van der Waals surface area contributed by atoms with Crippen LogP contribution in [0.1, 0.15) is 30.4 Å². The predicted octanol–water partition coefficient (Wildman–Crippen LogP) is 4.81. The summed E-state index contributed by atoms with van der Waals surface area (Å²) < 4.78 is 13.6. The van der Waals surface area contributed by atoms with Crippen LogP contribution in [0.3, 0.4) is 0 Å². The Balaban J connectivity index is 1.12. The fourth-order valence-electron chi connectivity index (χ4n) is 4.82. The number of aryl methyl sites for hydroxylation is 1. The van der Waals surface area contributed by atoms with Crippen molar-refractivity contribution in [2.24, 2.45) is 4.99 Å². The molecule has 1 spiro atoms. The monoisotopic (exact) mass is 492 g/mol. The molecule has 2 aromatic carbocycles. The lowest BCUT2D eigenvalue weighted by Crippen LogP contribution is -2.36. The van der Waals surface area contributed by atoms with Crippen molar-refractivity contribution < 1.29 is 9.47 Å². The highest BCUT2D eigenvalue weighted by molar-refractivity contribution is 5.92. The number of aromatic nitrogens is 6. The molecule has 2 aliphatic rings. The van der Waals surface area contributed by atoms with Crippen molar-refractivity contribution in [1.29, 1.82) is 0 Å². The van der Waals surface area contributed by atoms with Crippen LogP contribution in [0, 0.1) is 6.92 Å². The van der Waals surface area contributed by atoms with E-state index in [4.69, 9.17) is 14.5 Å². The number of ether oxygens (including phenoxy) is 2. The van der Waals surface area contributed by atoms with Gasteiger partial charge in [-0.25, -0.2) is 19.9 Å². The Hall–Kier alpha value is -4.60. The third-order valence-electron chi connectivity index (χ3n) is 7.02. The molecule has 184 valence electrons. The van der Waals surface area contributed by atoms with Crippen LogP contribution in [0.2, 0.25) is 0 Å². The van der Waals surface area contributed by atoms with Gasteiger partial charge in [0.25, 0.3) is 0 Å². The van der Waals surface area contributed by atoms with E-state index in [-0.39, 0.29) is 5.54 Å². The molecule has 0 radical (unpaired) electrons. The maximum absolute atomic E-state index is 6.00. The molecule has 0 saturated heterocycles. The summed E-state index contributed by atoms with van der Waals surface area (Å²) in [5.74, 6) is 2.73. The second kappa shape index (κ2) is 8.51. The predicted molar refractivity (Wildman–Crippen MR) is 139 cm³/mol. The molecule has 1 aliphatic heterocycles. The van der Waals surface area contributed by atoms with Crippen molar-refractivity contribution in [3.05, 3.63) is 72.6 Å². The average Bonchev–Trinajstić information content (AvgIpc) is 3.53. The number of hydrogen-bond acceptors (Lipinski definition) is 9. The number of fused-ring (bicyclic) bond motifs is 2. The van der Waals surface area contributed by atoms with E-state index < -0.39 is 0 Å². The Labute approximate surface area is 212 Å². The number of aliphatic imine (C=N–C) groups is 1. The second-order valence-electron chi connectivity index (χ2n) is 9.65. The van der Waals surface area contributed by atoms with E-state index in [0.29, 0.717) is 23.7 Å². The zero-order valence-electron chi connectivity index (χ0n) is 20.3. The fraction of sp³-hybridized carbons (Fsp3) is 0.259. The van der Waals surface area contributed by atoms with Gasteiger partial charge >= 0.3 is 0 Å². The largest absolute Gasteiger partial charge is 0.478 e. The van der Waals surface area contributed by atoms with Crippen LogP contribution in [0.5, 0.6) is 11.6 Å². The fourth-order valence-corrected chi connectivity index (χ4v) is 4.82. The minimum absolute atomic E-state index is 0.0507. The highest BCUT2D eigenvalue weighted by Crippen LogP contribution is 2.39. The summed E-state index contributed by atoms with van der Waals surface area (Å²) in [6, 6.07) is 13.8. The Morgan fingerprint density at radius 2 is 2.00 bits per heavy atom. The normalized spacial score (nSPS) is 16.0. The lowest BCUT2D eigenvalue weighted by atomic mass is 9.78. The molecule has 10 nitrogen and oxygen atoms in total. The number of hydrogen-bond donors (Lipinski definition) is 1. The van der Waals surface area contributed by atoms with Crippen molar-refractivity contribution in [1.82, 2.24) is 29.5 Å². The van der Waals surface area contributed by atoms with Gasteiger partial charge in [-0.05, 0) is 67.6 Å². The Bertz CT molecular complexity index is 1670. The first-order chi connectivity index (χ1) is 18.1. The van der Waals surface area contributed by atoms with Crippen LogP contribution >= 0.6 is 0 Å². The summed E-state index contributed by atoms with van der Waals surface area (Å²) in [4.78, 5) is 18.2. The molecule has 0 bridgehead atoms. The SMILES string of the molecule is Cc1cc(Nc2ncnc3ccc(CC4=NC5(CCC5)CO4)cc23)ccc1Oc1cc2nncn2cn1. The van der Waals surface area contributed by atoms with Gasteiger partial charge < -0.3 is 14.8 Å².